The molecule has 1 aromatic heterocycles. The Bertz CT molecular complexity index is 702. The minimum atomic E-state index is -0.267. The first kappa shape index (κ1) is 15.9. The minimum absolute atomic E-state index is 0.267. The Kier molecular flexibility index (Phi) is 5.38. The molecule has 0 bridgehead atoms. The molecule has 1 amide bonds. The fraction of sp³-hybridized carbons (Fsp3) is 0.125. The normalized spacial score (nSPS) is 10.5. The van der Waals surface area contributed by atoms with E-state index in [1.807, 2.05) is 6.07 Å². The van der Waals surface area contributed by atoms with Crippen LogP contribution in [0.15, 0.2) is 42.6 Å². The Hall–Kier alpha value is -2.53. The van der Waals surface area contributed by atoms with Crippen LogP contribution in [0.5, 0.6) is 11.5 Å². The topological polar surface area (TPSA) is 60.5 Å². The molecule has 1 heterocycles. The van der Waals surface area contributed by atoms with E-state index in [2.05, 4.69) is 10.3 Å². The number of halogens is 1. The van der Waals surface area contributed by atoms with Crippen molar-refractivity contribution in [2.24, 2.45) is 0 Å². The number of carbonyl (C=O) groups is 1. The van der Waals surface area contributed by atoms with Gasteiger partial charge >= 0.3 is 0 Å². The number of nitrogens with one attached hydrogen (secondary N) is 1. The molecule has 0 atom stereocenters. The van der Waals surface area contributed by atoms with Crippen molar-refractivity contribution in [2.45, 2.75) is 0 Å². The highest BCUT2D eigenvalue weighted by Gasteiger charge is 2.03. The van der Waals surface area contributed by atoms with E-state index in [0.717, 1.165) is 5.56 Å². The third kappa shape index (κ3) is 4.23. The number of aromatic nitrogens is 1. The molecule has 1 N–H and O–H groups in total. The van der Waals surface area contributed by atoms with E-state index in [1.165, 1.54) is 12.3 Å². The number of methoxy groups -OCH3 is 2. The van der Waals surface area contributed by atoms with E-state index in [4.69, 9.17) is 21.1 Å². The highest BCUT2D eigenvalue weighted by molar-refractivity contribution is 6.29. The molecule has 2 aromatic rings. The third-order valence-electron chi connectivity index (χ3n) is 2.83. The SMILES string of the molecule is COc1ccc(/C=C/C(=O)Nc2ccnc(Cl)c2)cc1OC. The van der Waals surface area contributed by atoms with Gasteiger partial charge in [0.15, 0.2) is 11.5 Å². The van der Waals surface area contributed by atoms with Crippen LogP contribution in [0.3, 0.4) is 0 Å². The smallest absolute Gasteiger partial charge is 0.248 e. The Morgan fingerprint density at radius 2 is 1.95 bits per heavy atom. The molecule has 0 radical (unpaired) electrons. The van der Waals surface area contributed by atoms with Crippen LogP contribution in [0, 0.1) is 0 Å². The highest BCUT2D eigenvalue weighted by Crippen LogP contribution is 2.27. The predicted molar refractivity (Wildman–Crippen MR) is 86.5 cm³/mol. The second-order valence-corrected chi connectivity index (χ2v) is 4.69. The summed E-state index contributed by atoms with van der Waals surface area (Å²) in [6.07, 6.45) is 4.63. The minimum Gasteiger partial charge on any atom is -0.493 e. The van der Waals surface area contributed by atoms with Crippen molar-refractivity contribution in [2.75, 3.05) is 19.5 Å². The summed E-state index contributed by atoms with van der Waals surface area (Å²) in [6.45, 7) is 0. The van der Waals surface area contributed by atoms with Gasteiger partial charge in [0.2, 0.25) is 5.91 Å². The number of benzene rings is 1. The van der Waals surface area contributed by atoms with Crippen molar-refractivity contribution in [3.8, 4) is 11.5 Å². The van der Waals surface area contributed by atoms with Gasteiger partial charge in [-0.05, 0) is 35.9 Å². The summed E-state index contributed by atoms with van der Waals surface area (Å²) < 4.78 is 10.4. The van der Waals surface area contributed by atoms with Crippen LogP contribution in [0.1, 0.15) is 5.56 Å². The lowest BCUT2D eigenvalue weighted by Crippen LogP contribution is -2.07. The monoisotopic (exact) mass is 318 g/mol. The van der Waals surface area contributed by atoms with E-state index >= 15 is 0 Å². The van der Waals surface area contributed by atoms with Gasteiger partial charge in [0, 0.05) is 18.0 Å². The van der Waals surface area contributed by atoms with E-state index in [1.54, 1.807) is 44.6 Å². The molecule has 0 fully saturated rings. The zero-order valence-electron chi connectivity index (χ0n) is 12.2. The number of anilines is 1. The zero-order valence-corrected chi connectivity index (χ0v) is 12.9. The first-order valence-corrected chi connectivity index (χ1v) is 6.83. The highest BCUT2D eigenvalue weighted by atomic mass is 35.5. The largest absolute Gasteiger partial charge is 0.493 e. The molecule has 0 aliphatic heterocycles. The molecule has 114 valence electrons. The number of hydrogen-bond donors (Lipinski definition) is 1. The molecule has 0 spiro atoms. The van der Waals surface area contributed by atoms with Gasteiger partial charge in [-0.3, -0.25) is 4.79 Å². The standard InChI is InChI=1S/C16H15ClN2O3/c1-21-13-5-3-11(9-14(13)22-2)4-6-16(20)19-12-7-8-18-15(17)10-12/h3-10H,1-2H3,(H,18,19,20)/b6-4+. The molecule has 6 heteroatoms. The molecular formula is C16H15ClN2O3. The summed E-state index contributed by atoms with van der Waals surface area (Å²) in [5, 5.41) is 3.02. The number of hydrogen-bond acceptors (Lipinski definition) is 4. The van der Waals surface area contributed by atoms with Gasteiger partial charge in [-0.25, -0.2) is 4.98 Å². The Balaban J connectivity index is 2.06. The van der Waals surface area contributed by atoms with Gasteiger partial charge in [-0.1, -0.05) is 17.7 Å². The zero-order chi connectivity index (χ0) is 15.9. The number of ether oxygens (including phenoxy) is 2. The van der Waals surface area contributed by atoms with Crippen LogP contribution < -0.4 is 14.8 Å². The Morgan fingerprint density at radius 3 is 2.64 bits per heavy atom. The van der Waals surface area contributed by atoms with Crippen molar-refractivity contribution in [1.29, 1.82) is 0 Å². The van der Waals surface area contributed by atoms with Crippen molar-refractivity contribution in [3.05, 3.63) is 53.3 Å². The third-order valence-corrected chi connectivity index (χ3v) is 3.04. The fourth-order valence-corrected chi connectivity index (χ4v) is 1.97. The van der Waals surface area contributed by atoms with Crippen LogP contribution in [0.2, 0.25) is 5.15 Å². The lowest BCUT2D eigenvalue weighted by Gasteiger charge is -2.07. The summed E-state index contributed by atoms with van der Waals surface area (Å²) >= 11 is 5.76. The molecule has 1 aromatic carbocycles. The van der Waals surface area contributed by atoms with Crippen LogP contribution >= 0.6 is 11.6 Å². The molecule has 2 rings (SSSR count). The lowest BCUT2D eigenvalue weighted by atomic mass is 10.2. The summed E-state index contributed by atoms with van der Waals surface area (Å²) in [5.41, 5.74) is 1.41. The van der Waals surface area contributed by atoms with Gasteiger partial charge in [0.25, 0.3) is 0 Å². The fourth-order valence-electron chi connectivity index (χ4n) is 1.79. The van der Waals surface area contributed by atoms with Crippen molar-refractivity contribution in [3.63, 3.8) is 0 Å². The van der Waals surface area contributed by atoms with E-state index < -0.39 is 0 Å². The Labute approximate surface area is 133 Å². The average Bonchev–Trinajstić information content (AvgIpc) is 2.52. The maximum atomic E-state index is 11.9. The van der Waals surface area contributed by atoms with Crippen LogP contribution in [0.25, 0.3) is 6.08 Å². The molecule has 0 saturated heterocycles. The predicted octanol–water partition coefficient (Wildman–Crippen LogP) is 3.40. The number of pyridine rings is 1. The number of amides is 1. The summed E-state index contributed by atoms with van der Waals surface area (Å²) in [6, 6.07) is 8.62. The quantitative estimate of drug-likeness (QED) is 0.678. The molecule has 0 saturated carbocycles. The van der Waals surface area contributed by atoms with Gasteiger partial charge in [0.1, 0.15) is 5.15 Å². The van der Waals surface area contributed by atoms with Gasteiger partial charge < -0.3 is 14.8 Å². The van der Waals surface area contributed by atoms with Crippen LogP contribution in [-0.4, -0.2) is 25.1 Å². The van der Waals surface area contributed by atoms with Gasteiger partial charge in [-0.2, -0.15) is 0 Å². The van der Waals surface area contributed by atoms with Crippen molar-refractivity contribution >= 4 is 29.3 Å². The molecule has 0 unspecified atom stereocenters. The first-order chi connectivity index (χ1) is 10.6. The van der Waals surface area contributed by atoms with E-state index in [9.17, 15) is 4.79 Å². The lowest BCUT2D eigenvalue weighted by molar-refractivity contribution is -0.111. The summed E-state index contributed by atoms with van der Waals surface area (Å²) in [7, 11) is 3.13. The van der Waals surface area contributed by atoms with Crippen LogP contribution in [0.4, 0.5) is 5.69 Å². The number of carbonyl (C=O) groups excluding carboxylic acids is 1. The van der Waals surface area contributed by atoms with Crippen LogP contribution in [-0.2, 0) is 4.79 Å². The average molecular weight is 319 g/mol. The van der Waals surface area contributed by atoms with Gasteiger partial charge in [0.05, 0.1) is 14.2 Å². The van der Waals surface area contributed by atoms with Crippen molar-refractivity contribution < 1.29 is 14.3 Å². The van der Waals surface area contributed by atoms with Crippen molar-refractivity contribution in [1.82, 2.24) is 4.98 Å². The van der Waals surface area contributed by atoms with E-state index in [0.29, 0.717) is 22.3 Å². The second-order valence-electron chi connectivity index (χ2n) is 4.30. The maximum absolute atomic E-state index is 11.9. The summed E-state index contributed by atoms with van der Waals surface area (Å²) in [5.74, 6) is 0.971. The molecule has 0 aliphatic carbocycles. The Morgan fingerprint density at radius 1 is 1.18 bits per heavy atom. The molecule has 5 nitrogen and oxygen atoms in total. The first-order valence-electron chi connectivity index (χ1n) is 6.45. The summed E-state index contributed by atoms with van der Waals surface area (Å²) in [4.78, 5) is 15.7. The number of rotatable bonds is 5. The van der Waals surface area contributed by atoms with E-state index in [-0.39, 0.29) is 5.91 Å². The molecule has 22 heavy (non-hydrogen) atoms. The number of nitrogens with zero attached hydrogens (tertiary/aromatic N) is 1. The molecular weight excluding hydrogens is 304 g/mol. The van der Waals surface area contributed by atoms with Gasteiger partial charge in [-0.15, -0.1) is 0 Å². The maximum Gasteiger partial charge on any atom is 0.248 e. The molecule has 0 aliphatic rings. The second kappa shape index (κ2) is 7.47.